The third kappa shape index (κ3) is 3.19. The number of benzene rings is 1. The Hall–Kier alpha value is -1.39. The average molecular weight is 287 g/mol. The van der Waals surface area contributed by atoms with E-state index in [0.29, 0.717) is 0 Å². The molecule has 0 fully saturated rings. The normalized spacial score (nSPS) is 13.8. The van der Waals surface area contributed by atoms with Gasteiger partial charge in [-0.2, -0.15) is 0 Å². The Labute approximate surface area is 124 Å². The Kier molecular flexibility index (Phi) is 4.33. The van der Waals surface area contributed by atoms with Gasteiger partial charge < -0.3 is 10.6 Å². The molecule has 2 heterocycles. The summed E-state index contributed by atoms with van der Waals surface area (Å²) in [7, 11) is 0. The van der Waals surface area contributed by atoms with Gasteiger partial charge >= 0.3 is 0 Å². The molecular weight excluding hydrogens is 266 g/mol. The van der Waals surface area contributed by atoms with Gasteiger partial charge in [0.05, 0.1) is 0 Å². The van der Waals surface area contributed by atoms with Gasteiger partial charge in [0, 0.05) is 36.4 Å². The van der Waals surface area contributed by atoms with E-state index in [9.17, 15) is 0 Å². The minimum Gasteiger partial charge on any atom is -0.385 e. The molecule has 0 amide bonds. The van der Waals surface area contributed by atoms with Crippen molar-refractivity contribution in [1.82, 2.24) is 10.3 Å². The van der Waals surface area contributed by atoms with Crippen LogP contribution in [0.25, 0.3) is 0 Å². The van der Waals surface area contributed by atoms with E-state index in [0.717, 1.165) is 26.1 Å². The molecular formula is C16H21N3S. The summed E-state index contributed by atoms with van der Waals surface area (Å²) in [5.41, 5.74) is 4.13. The van der Waals surface area contributed by atoms with Gasteiger partial charge in [-0.05, 0) is 36.5 Å². The van der Waals surface area contributed by atoms with Crippen LogP contribution in [0.15, 0.2) is 24.4 Å². The highest BCUT2D eigenvalue weighted by Crippen LogP contribution is 2.23. The molecule has 3 nitrogen and oxygen atoms in total. The van der Waals surface area contributed by atoms with E-state index in [1.807, 2.05) is 17.5 Å². The molecule has 106 valence electrons. The molecule has 0 unspecified atom stereocenters. The predicted molar refractivity (Wildman–Crippen MR) is 85.3 cm³/mol. The summed E-state index contributed by atoms with van der Waals surface area (Å²) in [5.74, 6) is 0. The fourth-order valence-electron chi connectivity index (χ4n) is 2.55. The van der Waals surface area contributed by atoms with Crippen molar-refractivity contribution in [3.8, 4) is 0 Å². The summed E-state index contributed by atoms with van der Waals surface area (Å²) >= 11 is 1.81. The SMILES string of the molecule is CCc1cnc(CNCc2ccc3c(c2)CCCN3)s1. The van der Waals surface area contributed by atoms with Crippen LogP contribution < -0.4 is 10.6 Å². The number of nitrogens with one attached hydrogen (secondary N) is 2. The van der Waals surface area contributed by atoms with E-state index in [-0.39, 0.29) is 0 Å². The molecule has 1 aliphatic heterocycles. The number of rotatable bonds is 5. The molecule has 2 N–H and O–H groups in total. The van der Waals surface area contributed by atoms with Gasteiger partial charge in [0.25, 0.3) is 0 Å². The number of aryl methyl sites for hydroxylation is 2. The number of hydrogen-bond acceptors (Lipinski definition) is 4. The van der Waals surface area contributed by atoms with E-state index >= 15 is 0 Å². The first-order valence-corrected chi connectivity index (χ1v) is 8.17. The lowest BCUT2D eigenvalue weighted by Crippen LogP contribution is -2.15. The topological polar surface area (TPSA) is 37.0 Å². The Bertz CT molecular complexity index is 577. The first-order valence-electron chi connectivity index (χ1n) is 7.35. The highest BCUT2D eigenvalue weighted by atomic mass is 32.1. The Morgan fingerprint density at radius 1 is 1.35 bits per heavy atom. The van der Waals surface area contributed by atoms with Crippen molar-refractivity contribution in [2.75, 3.05) is 11.9 Å². The summed E-state index contributed by atoms with van der Waals surface area (Å²) in [6.07, 6.45) is 5.51. The largest absolute Gasteiger partial charge is 0.385 e. The van der Waals surface area contributed by atoms with E-state index in [4.69, 9.17) is 0 Å². The lowest BCUT2D eigenvalue weighted by atomic mass is 10.0. The van der Waals surface area contributed by atoms with E-state index < -0.39 is 0 Å². The summed E-state index contributed by atoms with van der Waals surface area (Å²) in [6, 6.07) is 6.75. The van der Waals surface area contributed by atoms with Crippen LogP contribution in [0.4, 0.5) is 5.69 Å². The van der Waals surface area contributed by atoms with Crippen LogP contribution in [-0.4, -0.2) is 11.5 Å². The molecule has 1 aromatic heterocycles. The number of fused-ring (bicyclic) bond motifs is 1. The molecule has 1 aliphatic rings. The van der Waals surface area contributed by atoms with Crippen molar-refractivity contribution in [3.05, 3.63) is 45.4 Å². The van der Waals surface area contributed by atoms with Crippen LogP contribution in [0, 0.1) is 0 Å². The zero-order valence-corrected chi connectivity index (χ0v) is 12.7. The quantitative estimate of drug-likeness (QED) is 0.885. The monoisotopic (exact) mass is 287 g/mol. The zero-order chi connectivity index (χ0) is 13.8. The van der Waals surface area contributed by atoms with Gasteiger partial charge in [-0.15, -0.1) is 11.3 Å². The van der Waals surface area contributed by atoms with Crippen molar-refractivity contribution in [1.29, 1.82) is 0 Å². The smallest absolute Gasteiger partial charge is 0.107 e. The maximum absolute atomic E-state index is 4.43. The van der Waals surface area contributed by atoms with Crippen molar-refractivity contribution in [2.24, 2.45) is 0 Å². The van der Waals surface area contributed by atoms with E-state index in [1.165, 1.54) is 39.5 Å². The van der Waals surface area contributed by atoms with Crippen molar-refractivity contribution in [2.45, 2.75) is 39.3 Å². The summed E-state index contributed by atoms with van der Waals surface area (Å²) in [4.78, 5) is 5.80. The molecule has 2 aromatic rings. The second-order valence-corrected chi connectivity index (χ2v) is 6.40. The number of thiazole rings is 1. The van der Waals surface area contributed by atoms with Crippen LogP contribution in [0.2, 0.25) is 0 Å². The molecule has 0 atom stereocenters. The number of hydrogen-bond donors (Lipinski definition) is 2. The van der Waals surface area contributed by atoms with Gasteiger partial charge in [0.15, 0.2) is 0 Å². The molecule has 4 heteroatoms. The summed E-state index contributed by atoms with van der Waals surface area (Å²) < 4.78 is 0. The minimum absolute atomic E-state index is 0.861. The van der Waals surface area contributed by atoms with Gasteiger partial charge in [-0.25, -0.2) is 4.98 Å². The van der Waals surface area contributed by atoms with Gasteiger partial charge in [0.1, 0.15) is 5.01 Å². The van der Waals surface area contributed by atoms with Crippen LogP contribution in [0.5, 0.6) is 0 Å². The second kappa shape index (κ2) is 6.37. The van der Waals surface area contributed by atoms with Gasteiger partial charge in [-0.1, -0.05) is 19.1 Å². The maximum Gasteiger partial charge on any atom is 0.107 e. The van der Waals surface area contributed by atoms with Gasteiger partial charge in [-0.3, -0.25) is 0 Å². The average Bonchev–Trinajstić information content (AvgIpc) is 2.95. The number of nitrogens with zero attached hydrogens (tertiary/aromatic N) is 1. The predicted octanol–water partition coefficient (Wildman–Crippen LogP) is 3.35. The summed E-state index contributed by atoms with van der Waals surface area (Å²) in [6.45, 7) is 5.05. The van der Waals surface area contributed by atoms with Crippen LogP contribution >= 0.6 is 11.3 Å². The van der Waals surface area contributed by atoms with Gasteiger partial charge in [0.2, 0.25) is 0 Å². The highest BCUT2D eigenvalue weighted by molar-refractivity contribution is 7.11. The molecule has 0 bridgehead atoms. The summed E-state index contributed by atoms with van der Waals surface area (Å²) in [5, 5.41) is 8.12. The zero-order valence-electron chi connectivity index (χ0n) is 11.9. The molecule has 0 spiro atoms. The fourth-order valence-corrected chi connectivity index (χ4v) is 3.38. The number of aromatic nitrogens is 1. The third-order valence-electron chi connectivity index (χ3n) is 3.66. The van der Waals surface area contributed by atoms with E-state index in [1.54, 1.807) is 0 Å². The molecule has 0 radical (unpaired) electrons. The second-order valence-electron chi connectivity index (χ2n) is 5.20. The van der Waals surface area contributed by atoms with Crippen LogP contribution in [0.3, 0.4) is 0 Å². The third-order valence-corrected chi connectivity index (χ3v) is 4.80. The highest BCUT2D eigenvalue weighted by Gasteiger charge is 2.08. The molecule has 3 rings (SSSR count). The Balaban J connectivity index is 1.55. The molecule has 1 aromatic carbocycles. The minimum atomic E-state index is 0.861. The van der Waals surface area contributed by atoms with Crippen molar-refractivity contribution >= 4 is 17.0 Å². The maximum atomic E-state index is 4.43. The molecule has 0 aliphatic carbocycles. The first kappa shape index (κ1) is 13.6. The number of anilines is 1. The van der Waals surface area contributed by atoms with Crippen molar-refractivity contribution in [3.63, 3.8) is 0 Å². The van der Waals surface area contributed by atoms with Crippen molar-refractivity contribution < 1.29 is 0 Å². The van der Waals surface area contributed by atoms with Crippen LogP contribution in [0.1, 0.15) is 34.4 Å². The Morgan fingerprint density at radius 2 is 2.30 bits per heavy atom. The van der Waals surface area contributed by atoms with Crippen LogP contribution in [-0.2, 0) is 25.9 Å². The fraction of sp³-hybridized carbons (Fsp3) is 0.438. The lowest BCUT2D eigenvalue weighted by molar-refractivity contribution is 0.688. The standard InChI is InChI=1S/C16H21N3S/c1-2-14-10-19-16(20-14)11-17-9-12-5-6-15-13(8-12)4-3-7-18-15/h5-6,8,10,17-18H,2-4,7,9,11H2,1H3. The Morgan fingerprint density at radius 3 is 3.15 bits per heavy atom. The first-order chi connectivity index (χ1) is 9.85. The molecule has 0 saturated carbocycles. The van der Waals surface area contributed by atoms with E-state index in [2.05, 4.69) is 40.7 Å². The molecule has 20 heavy (non-hydrogen) atoms. The lowest BCUT2D eigenvalue weighted by Gasteiger charge is -2.18. The molecule has 0 saturated heterocycles.